The molecule has 0 aliphatic heterocycles. The van der Waals surface area contributed by atoms with Crippen LogP contribution < -0.4 is 10.6 Å². The van der Waals surface area contributed by atoms with Crippen LogP contribution in [0.2, 0.25) is 0 Å². The normalized spacial score (nSPS) is 10.3. The summed E-state index contributed by atoms with van der Waals surface area (Å²) >= 11 is 0. The molecular formula is C13H19N5. The zero-order valence-corrected chi connectivity index (χ0v) is 10.6. The molecule has 0 bridgehead atoms. The fourth-order valence-electron chi connectivity index (χ4n) is 1.70. The van der Waals surface area contributed by atoms with Gasteiger partial charge in [-0.3, -0.25) is 4.68 Å². The van der Waals surface area contributed by atoms with Gasteiger partial charge in [-0.1, -0.05) is 6.07 Å². The Bertz CT molecular complexity index is 452. The Balaban J connectivity index is 1.74. The minimum atomic E-state index is 0.885. The van der Waals surface area contributed by atoms with Gasteiger partial charge in [-0.05, 0) is 31.5 Å². The third-order valence-electron chi connectivity index (χ3n) is 2.54. The van der Waals surface area contributed by atoms with Gasteiger partial charge in [0.05, 0.1) is 0 Å². The van der Waals surface area contributed by atoms with Crippen molar-refractivity contribution in [3.63, 3.8) is 0 Å². The summed E-state index contributed by atoms with van der Waals surface area (Å²) in [6, 6.07) is 7.89. The number of nitrogens with zero attached hydrogens (tertiary/aromatic N) is 3. The molecule has 5 nitrogen and oxygen atoms in total. The number of rotatable bonds is 7. The Morgan fingerprint density at radius 2 is 2.00 bits per heavy atom. The summed E-state index contributed by atoms with van der Waals surface area (Å²) in [5, 5.41) is 10.7. The molecular weight excluding hydrogens is 226 g/mol. The molecule has 0 unspecified atom stereocenters. The van der Waals surface area contributed by atoms with E-state index in [2.05, 4.69) is 27.6 Å². The summed E-state index contributed by atoms with van der Waals surface area (Å²) in [7, 11) is 0. The van der Waals surface area contributed by atoms with Crippen LogP contribution in [-0.2, 0) is 6.54 Å². The summed E-state index contributed by atoms with van der Waals surface area (Å²) < 4.78 is 1.93. The summed E-state index contributed by atoms with van der Waals surface area (Å²) in [4.78, 5) is 4.45. The first-order valence-electron chi connectivity index (χ1n) is 6.30. The molecule has 2 heterocycles. The second-order valence-corrected chi connectivity index (χ2v) is 3.99. The van der Waals surface area contributed by atoms with Crippen LogP contribution in [0.1, 0.15) is 13.3 Å². The van der Waals surface area contributed by atoms with Crippen LogP contribution in [-0.4, -0.2) is 27.9 Å². The molecule has 18 heavy (non-hydrogen) atoms. The number of nitrogens with one attached hydrogen (secondary N) is 2. The van der Waals surface area contributed by atoms with Crippen molar-refractivity contribution in [2.45, 2.75) is 19.9 Å². The average Bonchev–Trinajstić information content (AvgIpc) is 2.89. The third kappa shape index (κ3) is 3.76. The fourth-order valence-corrected chi connectivity index (χ4v) is 1.70. The third-order valence-corrected chi connectivity index (χ3v) is 2.54. The molecule has 0 fully saturated rings. The topological polar surface area (TPSA) is 54.8 Å². The maximum absolute atomic E-state index is 4.45. The smallest absolute Gasteiger partial charge is 0.128 e. The highest BCUT2D eigenvalue weighted by Gasteiger charge is 1.96. The molecule has 0 aromatic carbocycles. The van der Waals surface area contributed by atoms with E-state index in [0.717, 1.165) is 37.7 Å². The van der Waals surface area contributed by atoms with Gasteiger partial charge in [0.15, 0.2) is 0 Å². The number of pyridine rings is 1. The molecule has 2 N–H and O–H groups in total. The van der Waals surface area contributed by atoms with Gasteiger partial charge in [-0.25, -0.2) is 4.98 Å². The molecule has 0 saturated heterocycles. The first kappa shape index (κ1) is 12.4. The Hall–Kier alpha value is -2.04. The first-order valence-corrected chi connectivity index (χ1v) is 6.30. The number of hydrogen-bond acceptors (Lipinski definition) is 4. The van der Waals surface area contributed by atoms with Crippen LogP contribution in [0.25, 0.3) is 0 Å². The summed E-state index contributed by atoms with van der Waals surface area (Å²) in [5.41, 5.74) is 0. The maximum atomic E-state index is 4.45. The van der Waals surface area contributed by atoms with Crippen molar-refractivity contribution in [1.82, 2.24) is 14.8 Å². The van der Waals surface area contributed by atoms with E-state index in [9.17, 15) is 0 Å². The van der Waals surface area contributed by atoms with Crippen LogP contribution in [0.5, 0.6) is 0 Å². The van der Waals surface area contributed by atoms with Crippen molar-refractivity contribution in [2.75, 3.05) is 23.7 Å². The van der Waals surface area contributed by atoms with E-state index < -0.39 is 0 Å². The largest absolute Gasteiger partial charge is 0.370 e. The van der Waals surface area contributed by atoms with Crippen molar-refractivity contribution in [1.29, 1.82) is 0 Å². The van der Waals surface area contributed by atoms with E-state index in [0.29, 0.717) is 0 Å². The van der Waals surface area contributed by atoms with Crippen molar-refractivity contribution < 1.29 is 0 Å². The monoisotopic (exact) mass is 245 g/mol. The van der Waals surface area contributed by atoms with Gasteiger partial charge in [0.2, 0.25) is 0 Å². The van der Waals surface area contributed by atoms with Crippen molar-refractivity contribution in [3.8, 4) is 0 Å². The van der Waals surface area contributed by atoms with Gasteiger partial charge in [-0.15, -0.1) is 0 Å². The lowest BCUT2D eigenvalue weighted by Crippen LogP contribution is -2.08. The van der Waals surface area contributed by atoms with Crippen LogP contribution in [0.15, 0.2) is 36.7 Å². The molecule has 0 saturated carbocycles. The van der Waals surface area contributed by atoms with Crippen LogP contribution >= 0.6 is 0 Å². The molecule has 2 rings (SSSR count). The van der Waals surface area contributed by atoms with E-state index in [-0.39, 0.29) is 0 Å². The zero-order valence-electron chi connectivity index (χ0n) is 10.6. The lowest BCUT2D eigenvalue weighted by molar-refractivity contribution is 0.591. The van der Waals surface area contributed by atoms with Gasteiger partial charge >= 0.3 is 0 Å². The number of anilines is 2. The lowest BCUT2D eigenvalue weighted by Gasteiger charge is -2.08. The quantitative estimate of drug-likeness (QED) is 0.734. The molecule has 2 aromatic rings. The maximum Gasteiger partial charge on any atom is 0.128 e. The summed E-state index contributed by atoms with van der Waals surface area (Å²) in [6.45, 7) is 4.76. The van der Waals surface area contributed by atoms with Gasteiger partial charge < -0.3 is 10.6 Å². The number of aryl methyl sites for hydroxylation is 1. The van der Waals surface area contributed by atoms with Crippen molar-refractivity contribution in [3.05, 3.63) is 36.7 Å². The molecule has 5 heteroatoms. The highest BCUT2D eigenvalue weighted by atomic mass is 15.3. The predicted molar refractivity (Wildman–Crippen MR) is 73.7 cm³/mol. The van der Waals surface area contributed by atoms with Gasteiger partial charge in [0.1, 0.15) is 11.6 Å². The van der Waals surface area contributed by atoms with Gasteiger partial charge in [0.25, 0.3) is 0 Å². The highest BCUT2D eigenvalue weighted by Crippen LogP contribution is 2.08. The standard InChI is InChI=1S/C13H19N5/c1-2-14-12-6-3-7-13(17-12)15-8-4-10-18-11-5-9-16-18/h3,5-7,9,11H,2,4,8,10H2,1H3,(H2,14,15,17). The molecule has 0 atom stereocenters. The molecule has 2 aromatic heterocycles. The Kier molecular flexibility index (Phi) is 4.58. The minimum absolute atomic E-state index is 0.885. The van der Waals surface area contributed by atoms with E-state index in [1.807, 2.05) is 35.1 Å². The minimum Gasteiger partial charge on any atom is -0.370 e. The Morgan fingerprint density at radius 3 is 2.72 bits per heavy atom. The van der Waals surface area contributed by atoms with E-state index in [1.54, 1.807) is 6.20 Å². The highest BCUT2D eigenvalue weighted by molar-refractivity contribution is 5.44. The van der Waals surface area contributed by atoms with Crippen LogP contribution in [0, 0.1) is 0 Å². The second kappa shape index (κ2) is 6.64. The molecule has 0 spiro atoms. The van der Waals surface area contributed by atoms with Crippen LogP contribution in [0.3, 0.4) is 0 Å². The Labute approximate surface area is 107 Å². The molecule has 0 amide bonds. The molecule has 0 aliphatic rings. The SMILES string of the molecule is CCNc1cccc(NCCCn2cccn2)n1. The number of hydrogen-bond donors (Lipinski definition) is 2. The first-order chi connectivity index (χ1) is 8.88. The Morgan fingerprint density at radius 1 is 1.17 bits per heavy atom. The summed E-state index contributed by atoms with van der Waals surface area (Å²) in [5.74, 6) is 1.82. The molecule has 96 valence electrons. The molecule has 0 aliphatic carbocycles. The lowest BCUT2D eigenvalue weighted by atomic mass is 10.4. The molecule has 0 radical (unpaired) electrons. The zero-order chi connectivity index (χ0) is 12.6. The van der Waals surface area contributed by atoms with E-state index in [1.165, 1.54) is 0 Å². The van der Waals surface area contributed by atoms with Crippen molar-refractivity contribution in [2.24, 2.45) is 0 Å². The van der Waals surface area contributed by atoms with Crippen LogP contribution in [0.4, 0.5) is 11.6 Å². The van der Waals surface area contributed by atoms with Crippen molar-refractivity contribution >= 4 is 11.6 Å². The average molecular weight is 245 g/mol. The fraction of sp³-hybridized carbons (Fsp3) is 0.385. The van der Waals surface area contributed by atoms with Gasteiger partial charge in [0, 0.05) is 32.0 Å². The summed E-state index contributed by atoms with van der Waals surface area (Å²) in [6.07, 6.45) is 4.80. The van der Waals surface area contributed by atoms with E-state index >= 15 is 0 Å². The number of aromatic nitrogens is 3. The van der Waals surface area contributed by atoms with E-state index in [4.69, 9.17) is 0 Å². The van der Waals surface area contributed by atoms with Gasteiger partial charge in [-0.2, -0.15) is 5.10 Å². The second-order valence-electron chi connectivity index (χ2n) is 3.99. The predicted octanol–water partition coefficient (Wildman–Crippen LogP) is 2.21.